The Hall–Kier alpha value is 1.05. The Morgan fingerprint density at radius 1 is 1.13 bits per heavy atom. The molecule has 0 rings (SSSR count). The van der Waals surface area contributed by atoms with E-state index in [2.05, 4.69) is 13.8 Å². The molecule has 1 unspecified atom stereocenters. The van der Waals surface area contributed by atoms with E-state index in [0.717, 1.165) is 0 Å². The van der Waals surface area contributed by atoms with Crippen LogP contribution in [0.3, 0.4) is 0 Å². The molecule has 3 heteroatoms. The van der Waals surface area contributed by atoms with E-state index >= 15 is 0 Å². The summed E-state index contributed by atoms with van der Waals surface area (Å²) < 4.78 is 3.25. The summed E-state index contributed by atoms with van der Waals surface area (Å²) in [5.74, 6) is 0.553. The molecule has 0 heterocycles. The Bertz CT molecular complexity index is 93.6. The summed E-state index contributed by atoms with van der Waals surface area (Å²) in [5.41, 5.74) is 0. The summed E-state index contributed by atoms with van der Waals surface area (Å²) >= 11 is 5.39. The third-order valence-electron chi connectivity index (χ3n) is 1.94. The Kier molecular flexibility index (Phi) is 21.4. The Morgan fingerprint density at radius 3 is 1.80 bits per heavy atom. The summed E-state index contributed by atoms with van der Waals surface area (Å²) in [6, 6.07) is 0. The van der Waals surface area contributed by atoms with Crippen LogP contribution in [-0.4, -0.2) is 38.2 Å². The van der Waals surface area contributed by atoms with Gasteiger partial charge in [-0.1, -0.05) is 0 Å². The van der Waals surface area contributed by atoms with Gasteiger partial charge in [-0.2, -0.15) is 0 Å². The fourth-order valence-corrected chi connectivity index (χ4v) is 5.36. The SMILES string of the molecule is CC(O)CCCl.CCC[CH2][Sn+2][CH2]CCC. The van der Waals surface area contributed by atoms with E-state index in [9.17, 15) is 0 Å². The van der Waals surface area contributed by atoms with Gasteiger partial charge in [0.05, 0.1) is 6.10 Å². The molecule has 0 aliphatic heterocycles. The van der Waals surface area contributed by atoms with Crippen molar-refractivity contribution in [1.29, 1.82) is 0 Å². The number of aliphatic hydroxyl groups is 1. The summed E-state index contributed by atoms with van der Waals surface area (Å²) in [5, 5.41) is 8.47. The normalized spacial score (nSPS) is 11.3. The van der Waals surface area contributed by atoms with Gasteiger partial charge < -0.3 is 5.11 Å². The van der Waals surface area contributed by atoms with Gasteiger partial charge in [0.25, 0.3) is 0 Å². The number of rotatable bonds is 8. The molecule has 0 saturated heterocycles. The van der Waals surface area contributed by atoms with Crippen LogP contribution in [0, 0.1) is 0 Å². The molecule has 1 atom stereocenters. The number of halogens is 1. The molecular weight excluding hydrogens is 314 g/mol. The fourth-order valence-electron chi connectivity index (χ4n) is 0.886. The van der Waals surface area contributed by atoms with Crippen molar-refractivity contribution in [1.82, 2.24) is 0 Å². The van der Waals surface area contributed by atoms with E-state index in [1.165, 1.54) is 25.7 Å². The van der Waals surface area contributed by atoms with E-state index in [1.54, 1.807) is 15.8 Å². The van der Waals surface area contributed by atoms with Crippen LogP contribution in [0.25, 0.3) is 0 Å². The fraction of sp³-hybridized carbons (Fsp3) is 1.00. The predicted octanol–water partition coefficient (Wildman–Crippen LogP) is 4.12. The number of hydrogen-bond donors (Lipinski definition) is 1. The number of alkyl halides is 1. The quantitative estimate of drug-likeness (QED) is 0.400. The van der Waals surface area contributed by atoms with Crippen LogP contribution >= 0.6 is 11.6 Å². The van der Waals surface area contributed by atoms with E-state index in [1.807, 2.05) is 0 Å². The van der Waals surface area contributed by atoms with Crippen LogP contribution < -0.4 is 0 Å². The number of hydrogen-bond acceptors (Lipinski definition) is 1. The van der Waals surface area contributed by atoms with Crippen molar-refractivity contribution in [3.63, 3.8) is 0 Å². The minimum atomic E-state index is -0.234. The Labute approximate surface area is 111 Å². The number of aliphatic hydroxyl groups excluding tert-OH is 1. The molecule has 0 fully saturated rings. The molecule has 0 saturated carbocycles. The van der Waals surface area contributed by atoms with Gasteiger partial charge in [0.15, 0.2) is 0 Å². The van der Waals surface area contributed by atoms with Gasteiger partial charge >= 0.3 is 69.5 Å². The second kappa shape index (κ2) is 17.4. The average molecular weight is 342 g/mol. The molecule has 1 nitrogen and oxygen atoms in total. The molecule has 15 heavy (non-hydrogen) atoms. The molecule has 0 radical (unpaired) electrons. The maximum absolute atomic E-state index is 8.47. The summed E-state index contributed by atoms with van der Waals surface area (Å²) in [7, 11) is 0. The molecule has 0 aromatic rings. The van der Waals surface area contributed by atoms with Crippen LogP contribution in [0.1, 0.15) is 52.9 Å². The number of unbranched alkanes of at least 4 members (excludes halogenated alkanes) is 2. The van der Waals surface area contributed by atoms with Crippen molar-refractivity contribution in [2.45, 2.75) is 67.9 Å². The molecule has 0 spiro atoms. The van der Waals surface area contributed by atoms with Crippen molar-refractivity contribution >= 4 is 32.7 Å². The zero-order valence-corrected chi connectivity index (χ0v) is 14.2. The first kappa shape index (κ1) is 18.4. The van der Waals surface area contributed by atoms with Crippen LogP contribution in [0.2, 0.25) is 8.87 Å². The third kappa shape index (κ3) is 25.4. The van der Waals surface area contributed by atoms with Gasteiger partial charge in [0.2, 0.25) is 0 Å². The molecule has 0 aliphatic rings. The molecule has 0 aromatic carbocycles. The van der Waals surface area contributed by atoms with E-state index in [-0.39, 0.29) is 27.2 Å². The Balaban J connectivity index is 0. The molecule has 0 aliphatic carbocycles. The topological polar surface area (TPSA) is 20.2 Å². The molecule has 0 amide bonds. The van der Waals surface area contributed by atoms with Gasteiger partial charge in [0, 0.05) is 5.88 Å². The van der Waals surface area contributed by atoms with Crippen molar-refractivity contribution in [2.24, 2.45) is 0 Å². The second-order valence-corrected chi connectivity index (χ2v) is 8.44. The summed E-state index contributed by atoms with van der Waals surface area (Å²) in [6.45, 7) is 6.31. The summed E-state index contributed by atoms with van der Waals surface area (Å²) in [6.07, 6.45) is 6.30. The summed E-state index contributed by atoms with van der Waals surface area (Å²) in [4.78, 5) is 0. The minimum absolute atomic E-state index is 0.149. The van der Waals surface area contributed by atoms with Crippen LogP contribution in [0.15, 0.2) is 0 Å². The molecule has 90 valence electrons. The van der Waals surface area contributed by atoms with Gasteiger partial charge in [-0.05, 0) is 13.3 Å². The van der Waals surface area contributed by atoms with Crippen molar-refractivity contribution in [3.05, 3.63) is 0 Å². The molecular formula is C12H27ClOSn+2. The molecule has 0 bridgehead atoms. The van der Waals surface area contributed by atoms with Gasteiger partial charge in [-0.25, -0.2) is 0 Å². The first-order valence-electron chi connectivity index (χ1n) is 6.13. The van der Waals surface area contributed by atoms with Crippen molar-refractivity contribution < 1.29 is 5.11 Å². The predicted molar refractivity (Wildman–Crippen MR) is 72.2 cm³/mol. The van der Waals surface area contributed by atoms with E-state index in [4.69, 9.17) is 16.7 Å². The van der Waals surface area contributed by atoms with E-state index in [0.29, 0.717) is 12.3 Å². The van der Waals surface area contributed by atoms with Crippen LogP contribution in [0.5, 0.6) is 0 Å². The van der Waals surface area contributed by atoms with Gasteiger partial charge in [-0.3, -0.25) is 0 Å². The first-order chi connectivity index (χ1) is 7.18. The zero-order chi connectivity index (χ0) is 11.9. The molecule has 1 N–H and O–H groups in total. The van der Waals surface area contributed by atoms with Crippen molar-refractivity contribution in [2.75, 3.05) is 5.88 Å². The zero-order valence-electron chi connectivity index (χ0n) is 10.6. The molecule has 0 aromatic heterocycles. The van der Waals surface area contributed by atoms with Gasteiger partial charge in [0.1, 0.15) is 0 Å². The second-order valence-electron chi connectivity index (χ2n) is 3.78. The third-order valence-corrected chi connectivity index (χ3v) is 6.20. The van der Waals surface area contributed by atoms with E-state index < -0.39 is 0 Å². The van der Waals surface area contributed by atoms with Crippen LogP contribution in [0.4, 0.5) is 0 Å². The average Bonchev–Trinajstić information content (AvgIpc) is 2.18. The van der Waals surface area contributed by atoms with Crippen LogP contribution in [-0.2, 0) is 0 Å². The first-order valence-corrected chi connectivity index (χ1v) is 10.7. The monoisotopic (exact) mass is 342 g/mol. The van der Waals surface area contributed by atoms with Crippen molar-refractivity contribution in [3.8, 4) is 0 Å². The maximum atomic E-state index is 8.47. The standard InChI is InChI=1S/C4H9ClO.2C4H9.Sn/c1-4(6)2-3-5;2*1-3-4-2;/h4,6H,2-3H2,1H3;2*1,3-4H2,2H3;/q;;;+2. The van der Waals surface area contributed by atoms with Gasteiger partial charge in [-0.15, -0.1) is 11.6 Å². The Morgan fingerprint density at radius 2 is 1.60 bits per heavy atom.